The molecule has 1 fully saturated rings. The van der Waals surface area contributed by atoms with Crippen LogP contribution in [-0.4, -0.2) is 132 Å². The van der Waals surface area contributed by atoms with Gasteiger partial charge in [-0.2, -0.15) is 5.10 Å². The maximum atomic E-state index is 15.5. The predicted molar refractivity (Wildman–Crippen MR) is 204 cm³/mol. The third-order valence-electron chi connectivity index (χ3n) is 9.12. The molecule has 15 nitrogen and oxygen atoms in total. The van der Waals surface area contributed by atoms with Gasteiger partial charge < -0.3 is 39.2 Å². The number of rotatable bonds is 14. The van der Waals surface area contributed by atoms with Gasteiger partial charge in [-0.1, -0.05) is 17.7 Å². The first kappa shape index (κ1) is 43.5. The van der Waals surface area contributed by atoms with E-state index < -0.39 is 23.6 Å². The fraction of sp³-hybridized carbons (Fsp3) is 0.421. The maximum absolute atomic E-state index is 15.5. The number of anilines is 1. The van der Waals surface area contributed by atoms with Crippen molar-refractivity contribution < 1.29 is 47.4 Å². The number of aliphatic hydroxyl groups excluding tert-OH is 1. The lowest BCUT2D eigenvalue weighted by Crippen LogP contribution is -3.07. The fourth-order valence-corrected chi connectivity index (χ4v) is 6.47. The summed E-state index contributed by atoms with van der Waals surface area (Å²) in [6.45, 7) is 4.94. The number of piperazine rings is 1. The van der Waals surface area contributed by atoms with E-state index in [1.807, 2.05) is 14.1 Å². The van der Waals surface area contributed by atoms with E-state index in [-0.39, 0.29) is 51.5 Å². The summed E-state index contributed by atoms with van der Waals surface area (Å²) in [5.41, 5.74) is 1.70. The van der Waals surface area contributed by atoms with Crippen LogP contribution in [-0.2, 0) is 32.7 Å². The number of aryl methyl sites for hydroxylation is 1. The number of halogens is 3. The maximum Gasteiger partial charge on any atom is 0.292 e. The zero-order valence-electron chi connectivity index (χ0n) is 32.3. The van der Waals surface area contributed by atoms with Crippen molar-refractivity contribution in [3.63, 3.8) is 0 Å². The third kappa shape index (κ3) is 10.7. The van der Waals surface area contributed by atoms with Crippen LogP contribution >= 0.6 is 11.6 Å². The van der Waals surface area contributed by atoms with Crippen LogP contribution in [0.25, 0.3) is 22.4 Å². The molecular formula is C38H48ClF2N8O7+. The number of aliphatic hydroxyl groups is 1. The second kappa shape index (κ2) is 20.1. The summed E-state index contributed by atoms with van der Waals surface area (Å²) < 4.78 is 42.8. The topological polar surface area (TPSA) is 166 Å². The molecule has 2 aromatic carbocycles. The van der Waals surface area contributed by atoms with E-state index in [4.69, 9.17) is 21.1 Å². The second-order valence-electron chi connectivity index (χ2n) is 13.5. The molecule has 0 bridgehead atoms. The highest BCUT2D eigenvalue weighted by Gasteiger charge is 2.27. The molecule has 1 aliphatic heterocycles. The number of methoxy groups -OCH3 is 2. The first-order valence-corrected chi connectivity index (χ1v) is 18.2. The number of hydrogen-bond acceptors (Lipinski definition) is 9. The molecule has 4 aromatic rings. The summed E-state index contributed by atoms with van der Waals surface area (Å²) in [6.07, 6.45) is 3.01. The van der Waals surface area contributed by atoms with Gasteiger partial charge in [-0.25, -0.2) is 13.8 Å². The molecule has 0 spiro atoms. The molecular weight excluding hydrogens is 754 g/mol. The van der Waals surface area contributed by atoms with Gasteiger partial charge >= 0.3 is 0 Å². The molecule has 2 aromatic heterocycles. The average Bonchev–Trinajstić information content (AvgIpc) is 3.74. The minimum atomic E-state index is -1.09. The van der Waals surface area contributed by atoms with Gasteiger partial charge in [-0.3, -0.25) is 23.9 Å². The molecule has 1 saturated heterocycles. The Kier molecular flexibility index (Phi) is 15.6. The SMILES string of the molecule is COC=O.COCCn1cc(-c2ccc(-c3cnc(C(=O)Nc4ccc(C(=O)N5CCN(C(=O)CC[C@@H](O)C[NH+](C)C)CC5)c(Cl)c4)n3C)c(F)c2F)c(C)n1. The number of likely N-dealkylation sites (N-methyl/N-ethyl adjacent to an activating group) is 1. The highest BCUT2D eigenvalue weighted by atomic mass is 35.5. The van der Waals surface area contributed by atoms with Crippen molar-refractivity contribution in [2.45, 2.75) is 32.4 Å². The van der Waals surface area contributed by atoms with Gasteiger partial charge in [-0.05, 0) is 37.6 Å². The van der Waals surface area contributed by atoms with Crippen molar-refractivity contribution >= 4 is 41.5 Å². The first-order chi connectivity index (χ1) is 26.7. The molecule has 5 rings (SSSR count). The molecule has 0 unspecified atom stereocenters. The van der Waals surface area contributed by atoms with Gasteiger partial charge in [0, 0.05) is 75.3 Å². The molecule has 1 atom stereocenters. The Bertz CT molecular complexity index is 2010. The predicted octanol–water partition coefficient (Wildman–Crippen LogP) is 2.45. The summed E-state index contributed by atoms with van der Waals surface area (Å²) in [4.78, 5) is 56.7. The monoisotopic (exact) mass is 801 g/mol. The van der Waals surface area contributed by atoms with Crippen LogP contribution in [0, 0.1) is 18.6 Å². The standard InChI is InChI=1S/C36H43ClF2N8O5.C2H4O2/c1-22-28(21-47(42-22)16-17-52-5)25-9-10-27(33(39)32(25)38)30-19-40-34(44(30)4)35(50)41-23-6-8-26(29(37)18-23)36(51)46-14-12-45(13-15-46)31(49)11-7-24(48)20-43(2)3;1-4-2-3/h6,8-10,18-19,21,24,48H,7,11-17,20H2,1-5H3,(H,41,50);2H,1H3/p+1/t24-;/m1./s1. The number of hydrogen-bond donors (Lipinski definition) is 3. The highest BCUT2D eigenvalue weighted by Crippen LogP contribution is 2.33. The summed E-state index contributed by atoms with van der Waals surface area (Å²) in [7, 11) is 8.28. The van der Waals surface area contributed by atoms with E-state index >= 15 is 8.78 Å². The summed E-state index contributed by atoms with van der Waals surface area (Å²) in [5.74, 6) is -3.19. The van der Waals surface area contributed by atoms with E-state index in [2.05, 4.69) is 20.1 Å². The molecule has 1 aliphatic rings. The smallest absolute Gasteiger partial charge is 0.292 e. The van der Waals surface area contributed by atoms with Gasteiger partial charge in [0.05, 0.1) is 62.5 Å². The molecule has 3 N–H and O–H groups in total. The van der Waals surface area contributed by atoms with Crippen molar-refractivity contribution in [2.75, 3.05) is 73.0 Å². The minimum absolute atomic E-state index is 0.0541. The van der Waals surface area contributed by atoms with Crippen LogP contribution in [0.1, 0.15) is 39.5 Å². The lowest BCUT2D eigenvalue weighted by atomic mass is 10.0. The third-order valence-corrected chi connectivity index (χ3v) is 9.43. The Labute approximate surface area is 328 Å². The molecule has 3 amide bonds. The number of carbonyl (C=O) groups excluding carboxylic acids is 4. The molecule has 18 heteroatoms. The number of benzene rings is 2. The molecule has 0 saturated carbocycles. The van der Waals surface area contributed by atoms with Crippen molar-refractivity contribution in [1.82, 2.24) is 29.1 Å². The number of carbonyl (C=O) groups is 4. The van der Waals surface area contributed by atoms with Crippen molar-refractivity contribution in [2.24, 2.45) is 7.05 Å². The average molecular weight is 802 g/mol. The number of ether oxygens (including phenoxy) is 2. The Morgan fingerprint density at radius 1 is 1.04 bits per heavy atom. The number of nitrogens with one attached hydrogen (secondary N) is 2. The number of amides is 3. The van der Waals surface area contributed by atoms with E-state index in [0.717, 1.165) is 4.90 Å². The largest absolute Gasteiger partial charge is 0.471 e. The molecule has 0 radical (unpaired) electrons. The lowest BCUT2D eigenvalue weighted by molar-refractivity contribution is -0.861. The van der Waals surface area contributed by atoms with E-state index in [9.17, 15) is 19.5 Å². The summed E-state index contributed by atoms with van der Waals surface area (Å²) >= 11 is 6.50. The number of quaternary nitrogens is 1. The quantitative estimate of drug-likeness (QED) is 0.163. The highest BCUT2D eigenvalue weighted by molar-refractivity contribution is 6.34. The number of nitrogens with zero attached hydrogens (tertiary/aromatic N) is 6. The lowest BCUT2D eigenvalue weighted by Gasteiger charge is -2.35. The first-order valence-electron chi connectivity index (χ1n) is 17.9. The van der Waals surface area contributed by atoms with Crippen LogP contribution in [0.3, 0.4) is 0 Å². The normalized spacial score (nSPS) is 13.3. The van der Waals surface area contributed by atoms with Gasteiger partial charge in [0.15, 0.2) is 17.5 Å². The van der Waals surface area contributed by atoms with Gasteiger partial charge in [-0.15, -0.1) is 0 Å². The van der Waals surface area contributed by atoms with Crippen LogP contribution < -0.4 is 10.2 Å². The summed E-state index contributed by atoms with van der Waals surface area (Å²) in [6, 6.07) is 7.40. The van der Waals surface area contributed by atoms with Crippen LogP contribution in [0.15, 0.2) is 42.7 Å². The van der Waals surface area contributed by atoms with Crippen LogP contribution in [0.2, 0.25) is 5.02 Å². The molecule has 0 aliphatic carbocycles. The zero-order valence-corrected chi connectivity index (χ0v) is 33.0. The Hall–Kier alpha value is -5.23. The van der Waals surface area contributed by atoms with Gasteiger partial charge in [0.2, 0.25) is 5.91 Å². The second-order valence-corrected chi connectivity index (χ2v) is 13.9. The Morgan fingerprint density at radius 3 is 2.30 bits per heavy atom. The molecule has 302 valence electrons. The Balaban J connectivity index is 0.00000166. The Morgan fingerprint density at radius 2 is 1.68 bits per heavy atom. The van der Waals surface area contributed by atoms with Crippen molar-refractivity contribution in [1.29, 1.82) is 0 Å². The fourth-order valence-electron chi connectivity index (χ4n) is 6.21. The van der Waals surface area contributed by atoms with E-state index in [1.165, 1.54) is 55.3 Å². The van der Waals surface area contributed by atoms with Crippen molar-refractivity contribution in [3.8, 4) is 22.4 Å². The molecule has 56 heavy (non-hydrogen) atoms. The van der Waals surface area contributed by atoms with Gasteiger partial charge in [0.25, 0.3) is 18.3 Å². The molecule has 3 heterocycles. The van der Waals surface area contributed by atoms with Crippen LogP contribution in [0.5, 0.6) is 0 Å². The minimum Gasteiger partial charge on any atom is -0.471 e. The zero-order chi connectivity index (χ0) is 41.1. The van der Waals surface area contributed by atoms with Gasteiger partial charge in [0.1, 0.15) is 12.6 Å². The van der Waals surface area contributed by atoms with E-state index in [0.29, 0.717) is 75.7 Å². The van der Waals surface area contributed by atoms with Crippen LogP contribution in [0.4, 0.5) is 14.5 Å². The van der Waals surface area contributed by atoms with E-state index in [1.54, 1.807) is 34.7 Å². The van der Waals surface area contributed by atoms with Crippen molar-refractivity contribution in [3.05, 3.63) is 76.5 Å². The number of aromatic nitrogens is 4. The summed E-state index contributed by atoms with van der Waals surface area (Å²) in [5, 5.41) is 17.3. The number of imidazole rings is 1.